The van der Waals surface area contributed by atoms with Gasteiger partial charge >= 0.3 is 0 Å². The summed E-state index contributed by atoms with van der Waals surface area (Å²) in [6.45, 7) is 3.72. The minimum atomic E-state index is -0.0241. The summed E-state index contributed by atoms with van der Waals surface area (Å²) in [6, 6.07) is 3.83. The van der Waals surface area contributed by atoms with Gasteiger partial charge in [0.15, 0.2) is 5.78 Å². The van der Waals surface area contributed by atoms with Crippen LogP contribution in [0.5, 0.6) is 0 Å². The minimum absolute atomic E-state index is 0.0241. The van der Waals surface area contributed by atoms with Crippen molar-refractivity contribution in [2.45, 2.75) is 38.5 Å². The second-order valence-electron chi connectivity index (χ2n) is 9.17. The van der Waals surface area contributed by atoms with E-state index < -0.39 is 0 Å². The van der Waals surface area contributed by atoms with Crippen LogP contribution in [-0.4, -0.2) is 54.2 Å². The van der Waals surface area contributed by atoms with Crippen LogP contribution in [0.1, 0.15) is 48.2 Å². The molecule has 5 aliphatic rings. The molecule has 0 N–H and O–H groups in total. The largest absolute Gasteiger partial charge is 0.340 e. The van der Waals surface area contributed by atoms with E-state index in [0.717, 1.165) is 68.1 Å². The Morgan fingerprint density at radius 3 is 2.15 bits per heavy atom. The lowest BCUT2D eigenvalue weighted by molar-refractivity contribution is -0.159. The van der Waals surface area contributed by atoms with Gasteiger partial charge in [-0.05, 0) is 67.7 Å². The summed E-state index contributed by atoms with van der Waals surface area (Å²) in [5.41, 5.74) is -0.0241. The molecule has 5 fully saturated rings. The molecule has 1 aromatic rings. The molecule has 6 rings (SSSR count). The Labute approximate surface area is 159 Å². The van der Waals surface area contributed by atoms with Crippen molar-refractivity contribution in [3.05, 3.63) is 22.4 Å². The molecule has 140 valence electrons. The van der Waals surface area contributed by atoms with Gasteiger partial charge in [0.25, 0.3) is 0 Å². The van der Waals surface area contributed by atoms with Gasteiger partial charge in [0.2, 0.25) is 5.91 Å². The number of amides is 1. The van der Waals surface area contributed by atoms with E-state index in [1.165, 1.54) is 30.6 Å². The molecule has 26 heavy (non-hydrogen) atoms. The SMILES string of the molecule is O=C(CN1CCN(C(=O)C23CC4CC(CC(C4)C2)C3)CC1)c1cccs1. The Balaban J connectivity index is 1.19. The van der Waals surface area contributed by atoms with Gasteiger partial charge in [-0.3, -0.25) is 14.5 Å². The summed E-state index contributed by atoms with van der Waals surface area (Å²) in [5.74, 6) is 3.10. The smallest absolute Gasteiger partial charge is 0.228 e. The quantitative estimate of drug-likeness (QED) is 0.762. The third-order valence-corrected chi connectivity index (χ3v) is 8.23. The van der Waals surface area contributed by atoms with Gasteiger partial charge in [-0.1, -0.05) is 6.07 Å². The van der Waals surface area contributed by atoms with Gasteiger partial charge in [-0.15, -0.1) is 11.3 Å². The van der Waals surface area contributed by atoms with Crippen molar-refractivity contribution in [3.8, 4) is 0 Å². The molecule has 4 nitrogen and oxygen atoms in total. The van der Waals surface area contributed by atoms with Gasteiger partial charge in [0.05, 0.1) is 16.8 Å². The fraction of sp³-hybridized carbons (Fsp3) is 0.714. The predicted molar refractivity (Wildman–Crippen MR) is 102 cm³/mol. The first-order chi connectivity index (χ1) is 12.6. The number of nitrogens with zero attached hydrogens (tertiary/aromatic N) is 2. The first-order valence-electron chi connectivity index (χ1n) is 10.2. The summed E-state index contributed by atoms with van der Waals surface area (Å²) >= 11 is 1.52. The van der Waals surface area contributed by atoms with Crippen molar-refractivity contribution < 1.29 is 9.59 Å². The number of hydrogen-bond acceptors (Lipinski definition) is 4. The number of rotatable bonds is 4. The van der Waals surface area contributed by atoms with Crippen molar-refractivity contribution >= 4 is 23.0 Å². The zero-order valence-electron chi connectivity index (χ0n) is 15.4. The molecule has 0 atom stereocenters. The van der Waals surface area contributed by atoms with E-state index in [-0.39, 0.29) is 11.2 Å². The van der Waals surface area contributed by atoms with Crippen molar-refractivity contribution in [1.82, 2.24) is 9.80 Å². The molecule has 1 amide bonds. The molecule has 0 spiro atoms. The number of piperazine rings is 1. The third kappa shape index (κ3) is 2.93. The number of Topliss-reactive ketones (excluding diaryl/α,β-unsaturated/α-hetero) is 1. The van der Waals surface area contributed by atoms with Gasteiger partial charge in [0.1, 0.15) is 0 Å². The fourth-order valence-corrected chi connectivity index (χ4v) is 7.19. The fourth-order valence-electron chi connectivity index (χ4n) is 6.54. The normalized spacial score (nSPS) is 36.5. The first-order valence-corrected chi connectivity index (χ1v) is 11.1. The summed E-state index contributed by atoms with van der Waals surface area (Å²) < 4.78 is 0. The van der Waals surface area contributed by atoms with E-state index in [1.54, 1.807) is 0 Å². The second kappa shape index (κ2) is 6.45. The summed E-state index contributed by atoms with van der Waals surface area (Å²) in [6.07, 6.45) is 7.58. The van der Waals surface area contributed by atoms with Crippen LogP contribution >= 0.6 is 11.3 Å². The van der Waals surface area contributed by atoms with Crippen LogP contribution in [0.2, 0.25) is 0 Å². The minimum Gasteiger partial charge on any atom is -0.340 e. The Morgan fingerprint density at radius 2 is 1.62 bits per heavy atom. The van der Waals surface area contributed by atoms with Gasteiger partial charge < -0.3 is 4.90 Å². The molecule has 1 aliphatic heterocycles. The summed E-state index contributed by atoms with van der Waals surface area (Å²) in [4.78, 5) is 30.9. The van der Waals surface area contributed by atoms with Gasteiger partial charge in [0, 0.05) is 26.2 Å². The molecule has 0 unspecified atom stereocenters. The van der Waals surface area contributed by atoms with E-state index in [4.69, 9.17) is 0 Å². The molecule has 4 saturated carbocycles. The lowest BCUT2D eigenvalue weighted by Crippen LogP contribution is -2.58. The van der Waals surface area contributed by atoms with Crippen LogP contribution in [0.3, 0.4) is 0 Å². The lowest BCUT2D eigenvalue weighted by atomic mass is 9.49. The molecular weight excluding hydrogens is 344 g/mol. The highest BCUT2D eigenvalue weighted by Gasteiger charge is 2.55. The van der Waals surface area contributed by atoms with Crippen LogP contribution in [0.25, 0.3) is 0 Å². The predicted octanol–water partition coefficient (Wildman–Crippen LogP) is 3.29. The topological polar surface area (TPSA) is 40.6 Å². The zero-order chi connectivity index (χ0) is 17.7. The molecule has 5 heteroatoms. The van der Waals surface area contributed by atoms with E-state index >= 15 is 0 Å². The highest BCUT2D eigenvalue weighted by atomic mass is 32.1. The molecule has 0 aromatic carbocycles. The number of thiophene rings is 1. The van der Waals surface area contributed by atoms with Crippen LogP contribution in [-0.2, 0) is 4.79 Å². The van der Waals surface area contributed by atoms with Gasteiger partial charge in [-0.25, -0.2) is 0 Å². The molecule has 0 radical (unpaired) electrons. The average Bonchev–Trinajstić information content (AvgIpc) is 3.15. The maximum Gasteiger partial charge on any atom is 0.228 e. The molecule has 4 aliphatic carbocycles. The number of carbonyl (C=O) groups excluding carboxylic acids is 2. The Kier molecular flexibility index (Phi) is 4.20. The van der Waals surface area contributed by atoms with Crippen LogP contribution in [0.4, 0.5) is 0 Å². The average molecular weight is 373 g/mol. The monoisotopic (exact) mass is 372 g/mol. The van der Waals surface area contributed by atoms with Crippen molar-refractivity contribution in [3.63, 3.8) is 0 Å². The molecule has 4 bridgehead atoms. The second-order valence-corrected chi connectivity index (χ2v) is 10.1. The van der Waals surface area contributed by atoms with Crippen molar-refractivity contribution in [1.29, 1.82) is 0 Å². The zero-order valence-corrected chi connectivity index (χ0v) is 16.2. The Bertz CT molecular complexity index is 656. The first kappa shape index (κ1) is 16.9. The van der Waals surface area contributed by atoms with Crippen LogP contribution in [0, 0.1) is 23.2 Å². The lowest BCUT2D eigenvalue weighted by Gasteiger charge is -2.57. The van der Waals surface area contributed by atoms with Crippen LogP contribution < -0.4 is 0 Å². The Morgan fingerprint density at radius 1 is 1.00 bits per heavy atom. The molecule has 2 heterocycles. The van der Waals surface area contributed by atoms with E-state index in [9.17, 15) is 9.59 Å². The summed E-state index contributed by atoms with van der Waals surface area (Å²) in [5, 5.41) is 1.95. The highest BCUT2D eigenvalue weighted by molar-refractivity contribution is 7.12. The van der Waals surface area contributed by atoms with Crippen molar-refractivity contribution in [2.75, 3.05) is 32.7 Å². The standard InChI is InChI=1S/C21H28N2O2S/c24-18(19-2-1-7-26-19)14-22-3-5-23(6-4-22)20(25)21-11-15-8-16(12-21)10-17(9-15)13-21/h1-2,7,15-17H,3-6,8-14H2. The maximum atomic E-state index is 13.4. The van der Waals surface area contributed by atoms with Crippen molar-refractivity contribution in [2.24, 2.45) is 23.2 Å². The van der Waals surface area contributed by atoms with E-state index in [0.29, 0.717) is 12.5 Å². The molecular formula is C21H28N2O2S. The number of carbonyl (C=O) groups is 2. The highest BCUT2D eigenvalue weighted by Crippen LogP contribution is 2.60. The summed E-state index contributed by atoms with van der Waals surface area (Å²) in [7, 11) is 0. The Hall–Kier alpha value is -1.20. The third-order valence-electron chi connectivity index (χ3n) is 7.31. The molecule has 1 aromatic heterocycles. The van der Waals surface area contributed by atoms with E-state index in [1.807, 2.05) is 17.5 Å². The molecule has 1 saturated heterocycles. The van der Waals surface area contributed by atoms with Crippen LogP contribution in [0.15, 0.2) is 17.5 Å². The van der Waals surface area contributed by atoms with Gasteiger partial charge in [-0.2, -0.15) is 0 Å². The number of hydrogen-bond donors (Lipinski definition) is 0. The maximum absolute atomic E-state index is 13.4. The number of ketones is 1. The van der Waals surface area contributed by atoms with E-state index in [2.05, 4.69) is 9.80 Å².